The monoisotopic (exact) mass is 523 g/mol. The Morgan fingerprint density at radius 1 is 0.947 bits per heavy atom. The number of thiazole rings is 1. The molecule has 38 heavy (non-hydrogen) atoms. The van der Waals surface area contributed by atoms with Crippen LogP contribution in [0.2, 0.25) is 0 Å². The molecule has 6 aromatic rings. The van der Waals surface area contributed by atoms with E-state index >= 15 is 0 Å². The average molecular weight is 524 g/mol. The standard InChI is InChI=1S/C28H21N5O4S/c1-35-21-12-10-18(15-23(21)36-2)11-13-25-29-28-33(30-25)27(34)24(38-28)16-19-17-32(20-7-4-3-5-8-20)31-26(19)22-9-6-14-37-22/h3-17H,1-2H3/b13-11+,24-16-. The van der Waals surface area contributed by atoms with Crippen LogP contribution in [-0.4, -0.2) is 38.6 Å². The van der Waals surface area contributed by atoms with Gasteiger partial charge in [-0.1, -0.05) is 41.7 Å². The third kappa shape index (κ3) is 4.37. The molecule has 10 heteroatoms. The van der Waals surface area contributed by atoms with Gasteiger partial charge in [0.1, 0.15) is 5.69 Å². The maximum absolute atomic E-state index is 13.2. The van der Waals surface area contributed by atoms with Crippen molar-refractivity contribution in [2.24, 2.45) is 0 Å². The van der Waals surface area contributed by atoms with Gasteiger partial charge in [-0.25, -0.2) is 4.68 Å². The van der Waals surface area contributed by atoms with E-state index in [1.165, 1.54) is 15.9 Å². The molecule has 0 saturated heterocycles. The Balaban J connectivity index is 1.35. The first-order valence-electron chi connectivity index (χ1n) is 11.6. The van der Waals surface area contributed by atoms with Crippen LogP contribution in [0.1, 0.15) is 17.0 Å². The highest BCUT2D eigenvalue weighted by molar-refractivity contribution is 7.15. The van der Waals surface area contributed by atoms with Gasteiger partial charge in [0, 0.05) is 11.8 Å². The number of ether oxygens (including phenoxy) is 2. The van der Waals surface area contributed by atoms with Crippen molar-refractivity contribution in [3.63, 3.8) is 0 Å². The molecule has 0 N–H and O–H groups in total. The van der Waals surface area contributed by atoms with Crippen molar-refractivity contribution in [3.8, 4) is 28.6 Å². The predicted octanol–water partition coefficient (Wildman–Crippen LogP) is 4.33. The molecule has 0 radical (unpaired) electrons. The van der Waals surface area contributed by atoms with Gasteiger partial charge >= 0.3 is 0 Å². The van der Waals surface area contributed by atoms with Gasteiger partial charge in [0.15, 0.2) is 23.1 Å². The molecule has 0 fully saturated rings. The molecule has 0 atom stereocenters. The molecule has 0 aliphatic rings. The Labute approximate surface area is 220 Å². The highest BCUT2D eigenvalue weighted by Crippen LogP contribution is 2.28. The van der Waals surface area contributed by atoms with E-state index in [0.717, 1.165) is 16.8 Å². The highest BCUT2D eigenvalue weighted by Gasteiger charge is 2.15. The molecule has 0 bridgehead atoms. The van der Waals surface area contributed by atoms with E-state index in [1.54, 1.807) is 43.4 Å². The summed E-state index contributed by atoms with van der Waals surface area (Å²) in [6.07, 6.45) is 8.88. The largest absolute Gasteiger partial charge is 0.493 e. The Morgan fingerprint density at radius 3 is 2.53 bits per heavy atom. The van der Waals surface area contributed by atoms with Gasteiger partial charge in [-0.2, -0.15) is 14.6 Å². The van der Waals surface area contributed by atoms with Gasteiger partial charge in [0.2, 0.25) is 4.96 Å². The average Bonchev–Trinajstić information content (AvgIpc) is 3.74. The molecule has 188 valence electrons. The number of aromatic nitrogens is 5. The summed E-state index contributed by atoms with van der Waals surface area (Å²) in [7, 11) is 3.18. The van der Waals surface area contributed by atoms with Crippen LogP contribution in [0.5, 0.6) is 11.5 Å². The van der Waals surface area contributed by atoms with E-state index in [0.29, 0.717) is 38.3 Å². The van der Waals surface area contributed by atoms with Gasteiger partial charge in [-0.05, 0) is 54.1 Å². The number of hydrogen-bond acceptors (Lipinski definition) is 8. The fourth-order valence-corrected chi connectivity index (χ4v) is 4.90. The molecule has 6 rings (SSSR count). The molecule has 4 heterocycles. The smallest absolute Gasteiger partial charge is 0.291 e. The van der Waals surface area contributed by atoms with Gasteiger partial charge < -0.3 is 13.9 Å². The summed E-state index contributed by atoms with van der Waals surface area (Å²) in [6, 6.07) is 19.0. The Morgan fingerprint density at radius 2 is 1.79 bits per heavy atom. The molecule has 0 spiro atoms. The SMILES string of the molecule is COc1ccc(/C=C/c2nc3s/c(=C\c4cn(-c5ccccc5)nc4-c4ccco4)c(=O)n3n2)cc1OC. The number of para-hydroxylation sites is 1. The van der Waals surface area contributed by atoms with Crippen molar-refractivity contribution in [1.29, 1.82) is 0 Å². The first-order chi connectivity index (χ1) is 18.6. The minimum absolute atomic E-state index is 0.249. The van der Waals surface area contributed by atoms with E-state index in [-0.39, 0.29) is 5.56 Å². The summed E-state index contributed by atoms with van der Waals surface area (Å²) in [5.74, 6) is 2.32. The van der Waals surface area contributed by atoms with Gasteiger partial charge in [-0.15, -0.1) is 5.10 Å². The van der Waals surface area contributed by atoms with Crippen LogP contribution in [0.3, 0.4) is 0 Å². The lowest BCUT2D eigenvalue weighted by atomic mass is 10.2. The number of fused-ring (bicyclic) bond motifs is 1. The topological polar surface area (TPSA) is 96.7 Å². The highest BCUT2D eigenvalue weighted by atomic mass is 32.1. The zero-order valence-corrected chi connectivity index (χ0v) is 21.3. The number of methoxy groups -OCH3 is 2. The molecular formula is C28H21N5O4S. The number of rotatable bonds is 7. The second-order valence-electron chi connectivity index (χ2n) is 8.22. The second-order valence-corrected chi connectivity index (χ2v) is 9.23. The fourth-order valence-electron chi connectivity index (χ4n) is 4.00. The summed E-state index contributed by atoms with van der Waals surface area (Å²) in [5.41, 5.74) is 2.92. The van der Waals surface area contributed by atoms with E-state index in [1.807, 2.05) is 66.9 Å². The van der Waals surface area contributed by atoms with E-state index in [4.69, 9.17) is 19.0 Å². The molecule has 0 aliphatic heterocycles. The molecule has 0 amide bonds. The first-order valence-corrected chi connectivity index (χ1v) is 12.4. The fraction of sp³-hybridized carbons (Fsp3) is 0.0714. The number of benzene rings is 2. The van der Waals surface area contributed by atoms with Crippen molar-refractivity contribution >= 4 is 34.5 Å². The summed E-state index contributed by atoms with van der Waals surface area (Å²) < 4.78 is 19.8. The van der Waals surface area contributed by atoms with Crippen LogP contribution in [-0.2, 0) is 0 Å². The Hall–Kier alpha value is -4.96. The summed E-state index contributed by atoms with van der Waals surface area (Å²) in [6.45, 7) is 0. The van der Waals surface area contributed by atoms with Gasteiger partial charge in [0.05, 0.1) is 30.7 Å². The summed E-state index contributed by atoms with van der Waals surface area (Å²) >= 11 is 1.27. The predicted molar refractivity (Wildman–Crippen MR) is 146 cm³/mol. The number of nitrogens with zero attached hydrogens (tertiary/aromatic N) is 5. The van der Waals surface area contributed by atoms with Crippen molar-refractivity contribution in [2.75, 3.05) is 14.2 Å². The minimum atomic E-state index is -0.249. The van der Waals surface area contributed by atoms with Crippen molar-refractivity contribution in [3.05, 3.63) is 105 Å². The van der Waals surface area contributed by atoms with E-state index in [9.17, 15) is 4.79 Å². The van der Waals surface area contributed by atoms with Crippen LogP contribution in [0, 0.1) is 0 Å². The van der Waals surface area contributed by atoms with Gasteiger partial charge in [0.25, 0.3) is 5.56 Å². The number of furan rings is 1. The maximum Gasteiger partial charge on any atom is 0.291 e. The summed E-state index contributed by atoms with van der Waals surface area (Å²) in [4.78, 5) is 18.2. The maximum atomic E-state index is 13.2. The Kier molecular flexibility index (Phi) is 6.06. The van der Waals surface area contributed by atoms with Crippen molar-refractivity contribution in [2.45, 2.75) is 0 Å². The lowest BCUT2D eigenvalue weighted by Gasteiger charge is -2.07. The molecule has 4 aromatic heterocycles. The molecular weight excluding hydrogens is 502 g/mol. The quantitative estimate of drug-likeness (QED) is 0.307. The molecule has 0 unspecified atom stereocenters. The minimum Gasteiger partial charge on any atom is -0.493 e. The lowest BCUT2D eigenvalue weighted by molar-refractivity contribution is 0.355. The Bertz CT molecular complexity index is 1870. The van der Waals surface area contributed by atoms with Crippen LogP contribution in [0.4, 0.5) is 0 Å². The third-order valence-electron chi connectivity index (χ3n) is 5.84. The van der Waals surface area contributed by atoms with Crippen molar-refractivity contribution < 1.29 is 13.9 Å². The second kappa shape index (κ2) is 9.83. The molecule has 9 nitrogen and oxygen atoms in total. The van der Waals surface area contributed by atoms with E-state index < -0.39 is 0 Å². The van der Waals surface area contributed by atoms with Crippen LogP contribution >= 0.6 is 11.3 Å². The van der Waals surface area contributed by atoms with Gasteiger partial charge in [-0.3, -0.25) is 4.79 Å². The van der Waals surface area contributed by atoms with Crippen LogP contribution in [0.25, 0.3) is 40.3 Å². The van der Waals surface area contributed by atoms with Crippen LogP contribution < -0.4 is 19.6 Å². The zero-order chi connectivity index (χ0) is 26.1. The number of hydrogen-bond donors (Lipinski definition) is 0. The molecule has 0 aliphatic carbocycles. The lowest BCUT2D eigenvalue weighted by Crippen LogP contribution is -2.23. The third-order valence-corrected chi connectivity index (χ3v) is 6.79. The molecule has 0 saturated carbocycles. The normalized spacial score (nSPS) is 12.1. The van der Waals surface area contributed by atoms with Crippen molar-refractivity contribution in [1.82, 2.24) is 24.4 Å². The molecule has 2 aromatic carbocycles. The zero-order valence-electron chi connectivity index (χ0n) is 20.4. The van der Waals surface area contributed by atoms with E-state index in [2.05, 4.69) is 10.1 Å². The summed E-state index contributed by atoms with van der Waals surface area (Å²) in [5, 5.41) is 9.10. The van der Waals surface area contributed by atoms with Crippen LogP contribution in [0.15, 0.2) is 82.3 Å². The first kappa shape index (κ1) is 23.4.